The lowest BCUT2D eigenvalue weighted by molar-refractivity contribution is -0.387. The Hall–Kier alpha value is -1.96. The Morgan fingerprint density at radius 3 is 2.52 bits per heavy atom. The van der Waals surface area contributed by atoms with Gasteiger partial charge in [-0.3, -0.25) is 10.1 Å². The summed E-state index contributed by atoms with van der Waals surface area (Å²) in [6, 6.07) is 11.2. The first-order valence-electron chi connectivity index (χ1n) is 6.90. The molecule has 0 saturated heterocycles. The van der Waals surface area contributed by atoms with Gasteiger partial charge in [0, 0.05) is 24.2 Å². The first-order chi connectivity index (χ1) is 10.9. The third-order valence-corrected chi connectivity index (χ3v) is 5.96. The smallest absolute Gasteiger partial charge is 0.258 e. The van der Waals surface area contributed by atoms with Crippen molar-refractivity contribution in [3.63, 3.8) is 0 Å². The van der Waals surface area contributed by atoms with Crippen molar-refractivity contribution in [3.05, 3.63) is 68.7 Å². The Morgan fingerprint density at radius 2 is 1.83 bits per heavy atom. The van der Waals surface area contributed by atoms with Gasteiger partial charge in [0.05, 0.1) is 4.92 Å². The highest BCUT2D eigenvalue weighted by Gasteiger charge is 2.33. The number of rotatable bonds is 3. The monoisotopic (exact) mass is 352 g/mol. The number of hydrogen-bond donors (Lipinski definition) is 0. The molecule has 23 heavy (non-hydrogen) atoms. The van der Waals surface area contributed by atoms with Gasteiger partial charge in [0.25, 0.3) is 5.69 Å². The zero-order chi connectivity index (χ0) is 16.6. The molecule has 0 N–H and O–H groups in total. The molecule has 0 radical (unpaired) electrons. The van der Waals surface area contributed by atoms with Crippen LogP contribution in [0, 0.1) is 10.1 Å². The largest absolute Gasteiger partial charge is 0.290 e. The maximum Gasteiger partial charge on any atom is 0.290 e. The first kappa shape index (κ1) is 15.9. The van der Waals surface area contributed by atoms with E-state index in [0.717, 1.165) is 17.2 Å². The lowest BCUT2D eigenvalue weighted by Gasteiger charge is -2.27. The van der Waals surface area contributed by atoms with Gasteiger partial charge in [0.15, 0.2) is 4.90 Å². The number of nitrogens with zero attached hydrogens (tertiary/aromatic N) is 2. The van der Waals surface area contributed by atoms with E-state index in [-0.39, 0.29) is 16.5 Å². The van der Waals surface area contributed by atoms with Gasteiger partial charge in [-0.05, 0) is 29.7 Å². The van der Waals surface area contributed by atoms with Crippen LogP contribution in [0.15, 0.2) is 47.4 Å². The molecular formula is C15H13ClN2O4S. The number of fused-ring (bicyclic) bond motifs is 1. The zero-order valence-corrected chi connectivity index (χ0v) is 13.5. The molecular weight excluding hydrogens is 340 g/mol. The minimum atomic E-state index is -3.96. The molecule has 0 aliphatic carbocycles. The second-order valence-corrected chi connectivity index (χ2v) is 7.57. The van der Waals surface area contributed by atoms with Crippen LogP contribution >= 0.6 is 11.6 Å². The van der Waals surface area contributed by atoms with Gasteiger partial charge in [-0.2, -0.15) is 4.31 Å². The Morgan fingerprint density at radius 1 is 1.13 bits per heavy atom. The SMILES string of the molecule is O=[N+]([O-])c1cc(Cl)ccc1S(=O)(=O)N1CCc2ccccc2C1. The highest BCUT2D eigenvalue weighted by Crippen LogP contribution is 2.32. The Kier molecular flexibility index (Phi) is 4.09. The van der Waals surface area contributed by atoms with Crippen molar-refractivity contribution in [2.75, 3.05) is 6.54 Å². The van der Waals surface area contributed by atoms with E-state index in [0.29, 0.717) is 13.0 Å². The molecule has 0 unspecified atom stereocenters. The minimum Gasteiger partial charge on any atom is -0.258 e. The number of sulfonamides is 1. The summed E-state index contributed by atoms with van der Waals surface area (Å²) >= 11 is 5.75. The molecule has 1 aliphatic rings. The minimum absolute atomic E-state index is 0.125. The summed E-state index contributed by atoms with van der Waals surface area (Å²) in [7, 11) is -3.96. The van der Waals surface area contributed by atoms with Crippen LogP contribution in [0.25, 0.3) is 0 Å². The van der Waals surface area contributed by atoms with Gasteiger partial charge in [0.1, 0.15) is 0 Å². The topological polar surface area (TPSA) is 80.5 Å². The zero-order valence-electron chi connectivity index (χ0n) is 12.0. The second kappa shape index (κ2) is 5.92. The highest BCUT2D eigenvalue weighted by molar-refractivity contribution is 7.89. The Labute approximate surface area is 138 Å². The fraction of sp³-hybridized carbons (Fsp3) is 0.200. The molecule has 120 valence electrons. The molecule has 3 rings (SSSR count). The normalized spacial score (nSPS) is 15.2. The maximum absolute atomic E-state index is 12.8. The van der Waals surface area contributed by atoms with Crippen molar-refractivity contribution in [3.8, 4) is 0 Å². The predicted octanol–water partition coefficient (Wildman–Crippen LogP) is 3.00. The van der Waals surface area contributed by atoms with E-state index < -0.39 is 20.6 Å². The van der Waals surface area contributed by atoms with Crippen LogP contribution in [0.5, 0.6) is 0 Å². The standard InChI is InChI=1S/C15H13ClN2O4S/c16-13-5-6-15(14(9-13)18(19)20)23(21,22)17-8-7-11-3-1-2-4-12(11)10-17/h1-6,9H,7-8,10H2. The molecule has 1 heterocycles. The van der Waals surface area contributed by atoms with Crippen molar-refractivity contribution in [1.82, 2.24) is 4.31 Å². The first-order valence-corrected chi connectivity index (χ1v) is 8.72. The predicted molar refractivity (Wildman–Crippen MR) is 85.8 cm³/mol. The van der Waals surface area contributed by atoms with Gasteiger partial charge in [-0.1, -0.05) is 35.9 Å². The second-order valence-electron chi connectivity index (χ2n) is 5.23. The number of hydrogen-bond acceptors (Lipinski definition) is 4. The molecule has 0 spiro atoms. The Balaban J connectivity index is 2.02. The summed E-state index contributed by atoms with van der Waals surface area (Å²) in [6.45, 7) is 0.497. The Bertz CT molecular complexity index is 883. The third-order valence-electron chi connectivity index (χ3n) is 3.83. The third kappa shape index (κ3) is 2.95. The van der Waals surface area contributed by atoms with Crippen LogP contribution in [0.2, 0.25) is 5.02 Å². The molecule has 0 atom stereocenters. The molecule has 0 aromatic heterocycles. The molecule has 8 heteroatoms. The van der Waals surface area contributed by atoms with Crippen molar-refractivity contribution in [2.24, 2.45) is 0 Å². The van der Waals surface area contributed by atoms with Crippen molar-refractivity contribution < 1.29 is 13.3 Å². The van der Waals surface area contributed by atoms with Gasteiger partial charge < -0.3 is 0 Å². The van der Waals surface area contributed by atoms with Crippen LogP contribution in [0.4, 0.5) is 5.69 Å². The van der Waals surface area contributed by atoms with Gasteiger partial charge >= 0.3 is 0 Å². The van der Waals surface area contributed by atoms with Crippen molar-refractivity contribution in [2.45, 2.75) is 17.9 Å². The molecule has 0 amide bonds. The summed E-state index contributed by atoms with van der Waals surface area (Å²) in [4.78, 5) is 10.1. The van der Waals surface area contributed by atoms with Crippen molar-refractivity contribution in [1.29, 1.82) is 0 Å². The van der Waals surface area contributed by atoms with Gasteiger partial charge in [-0.25, -0.2) is 8.42 Å². The van der Waals surface area contributed by atoms with Crippen LogP contribution in [0.1, 0.15) is 11.1 Å². The molecule has 0 bridgehead atoms. The average molecular weight is 353 g/mol. The fourth-order valence-electron chi connectivity index (χ4n) is 2.67. The van der Waals surface area contributed by atoms with Crippen molar-refractivity contribution >= 4 is 27.3 Å². The number of nitro groups is 1. The number of benzene rings is 2. The van der Waals surface area contributed by atoms with E-state index in [1.807, 2.05) is 24.3 Å². The van der Waals surface area contributed by atoms with Gasteiger partial charge in [-0.15, -0.1) is 0 Å². The summed E-state index contributed by atoms with van der Waals surface area (Å²) in [5, 5.41) is 11.3. The van der Waals surface area contributed by atoms with Gasteiger partial charge in [0.2, 0.25) is 10.0 Å². The highest BCUT2D eigenvalue weighted by atomic mass is 35.5. The van der Waals surface area contributed by atoms with Crippen LogP contribution in [0.3, 0.4) is 0 Å². The van der Waals surface area contributed by atoms with E-state index in [9.17, 15) is 18.5 Å². The van der Waals surface area contributed by atoms with E-state index in [1.54, 1.807) is 0 Å². The lowest BCUT2D eigenvalue weighted by atomic mass is 10.0. The quantitative estimate of drug-likeness (QED) is 0.628. The summed E-state index contributed by atoms with van der Waals surface area (Å²) in [5.41, 5.74) is 1.51. The van der Waals surface area contributed by atoms with Crippen LogP contribution < -0.4 is 0 Å². The van der Waals surface area contributed by atoms with E-state index in [1.165, 1.54) is 16.4 Å². The van der Waals surface area contributed by atoms with E-state index >= 15 is 0 Å². The molecule has 1 aliphatic heterocycles. The number of halogens is 1. The maximum atomic E-state index is 12.8. The lowest BCUT2D eigenvalue weighted by Crippen LogP contribution is -2.36. The van der Waals surface area contributed by atoms with Crippen LogP contribution in [-0.2, 0) is 23.0 Å². The van der Waals surface area contributed by atoms with Crippen LogP contribution in [-0.4, -0.2) is 24.2 Å². The molecule has 2 aromatic carbocycles. The summed E-state index contributed by atoms with van der Waals surface area (Å²) in [6.07, 6.45) is 0.580. The number of nitro benzene ring substituents is 1. The van der Waals surface area contributed by atoms with E-state index in [2.05, 4.69) is 0 Å². The molecule has 0 saturated carbocycles. The molecule has 2 aromatic rings. The van der Waals surface area contributed by atoms with E-state index in [4.69, 9.17) is 11.6 Å². The summed E-state index contributed by atoms with van der Waals surface area (Å²) < 4.78 is 26.9. The molecule has 6 nitrogen and oxygen atoms in total. The molecule has 0 fully saturated rings. The average Bonchev–Trinajstić information content (AvgIpc) is 2.54. The summed E-state index contributed by atoms with van der Waals surface area (Å²) in [5.74, 6) is 0. The fourth-order valence-corrected chi connectivity index (χ4v) is 4.39.